The molecular weight excluding hydrogens is 518 g/mol. The molecule has 208 valence electrons. The normalized spacial score (nSPS) is 32.2. The van der Waals surface area contributed by atoms with E-state index in [1.165, 1.54) is 10.6 Å². The maximum Gasteiger partial charge on any atom is 0.346 e. The smallest absolute Gasteiger partial charge is 0.346 e. The summed E-state index contributed by atoms with van der Waals surface area (Å²) in [5.41, 5.74) is 11.3. The average molecular weight is 548 g/mol. The molecule has 3 amide bonds. The van der Waals surface area contributed by atoms with E-state index < -0.39 is 47.8 Å². The number of guanidine groups is 2. The summed E-state index contributed by atoms with van der Waals surface area (Å²) >= 11 is 0. The summed E-state index contributed by atoms with van der Waals surface area (Å²) in [4.78, 5) is 43.3. The van der Waals surface area contributed by atoms with E-state index in [0.717, 1.165) is 4.90 Å². The van der Waals surface area contributed by atoms with E-state index in [-0.39, 0.29) is 73.6 Å². The fourth-order valence-electron chi connectivity index (χ4n) is 6.52. The number of carbonyl (C=O) groups is 3. The maximum atomic E-state index is 14.2. The Kier molecular flexibility index (Phi) is 5.43. The molecular formula is C24H29F2N8O5+. The predicted molar refractivity (Wildman–Crippen MR) is 130 cm³/mol. The van der Waals surface area contributed by atoms with Gasteiger partial charge in [-0.3, -0.25) is 30.3 Å². The van der Waals surface area contributed by atoms with Crippen molar-refractivity contribution in [3.63, 3.8) is 0 Å². The van der Waals surface area contributed by atoms with Crippen LogP contribution in [0, 0.1) is 0 Å². The summed E-state index contributed by atoms with van der Waals surface area (Å²) in [6.45, 7) is -0.349. The van der Waals surface area contributed by atoms with Crippen LogP contribution in [0.15, 0.2) is 23.2 Å². The number of rotatable bonds is 4. The average Bonchev–Trinajstić information content (AvgIpc) is 3.46. The second-order valence-corrected chi connectivity index (χ2v) is 10.7. The third-order valence-electron chi connectivity index (χ3n) is 8.42. The molecule has 5 aliphatic rings. The molecule has 39 heavy (non-hydrogen) atoms. The largest absolute Gasteiger partial charge is 0.370 e. The Morgan fingerprint density at radius 1 is 1.21 bits per heavy atom. The Bertz CT molecular complexity index is 1350. The number of carbonyl (C=O) groups excluding carboxylic acids is 3. The van der Waals surface area contributed by atoms with Crippen LogP contribution in [0.2, 0.25) is 0 Å². The summed E-state index contributed by atoms with van der Waals surface area (Å²) in [7, 11) is 0. The minimum atomic E-state index is -2.95. The highest BCUT2D eigenvalue weighted by Crippen LogP contribution is 2.42. The van der Waals surface area contributed by atoms with Crippen LogP contribution >= 0.6 is 0 Å². The molecule has 4 aliphatic heterocycles. The second kappa shape index (κ2) is 8.32. The molecule has 9 N–H and O–H groups in total. The van der Waals surface area contributed by atoms with Gasteiger partial charge >= 0.3 is 5.96 Å². The number of aliphatic imine (C=N–C) groups is 1. The van der Waals surface area contributed by atoms with Crippen LogP contribution in [0.3, 0.4) is 0 Å². The molecule has 6 rings (SSSR count). The fraction of sp³-hybridized carbons (Fsp3) is 0.542. The number of halogens is 2. The van der Waals surface area contributed by atoms with E-state index in [0.29, 0.717) is 5.56 Å². The highest BCUT2D eigenvalue weighted by Gasteiger charge is 2.75. The summed E-state index contributed by atoms with van der Waals surface area (Å²) in [5, 5.41) is 31.6. The van der Waals surface area contributed by atoms with Gasteiger partial charge < -0.3 is 26.6 Å². The standard InChI is InChI=1S/C24H28F2N8O5/c25-22(26)7-6-11-2-1-3-12(13(11)8-22)19(37)30-15-10-34-21(28)29-14(9-33-16(35)4-5-17(33)36)18-23(34,24(15,38)39)32-20(27)31-18/h1-3,14-15,18,38-39H,4-10H2,(H6,27,28,29,30,31,32,37)/p+1/t14-,15?,18-,23-/m0/s1. The van der Waals surface area contributed by atoms with E-state index in [4.69, 9.17) is 11.5 Å². The first-order chi connectivity index (χ1) is 18.3. The highest BCUT2D eigenvalue weighted by molar-refractivity contribution is 6.02. The first kappa shape index (κ1) is 25.4. The minimum Gasteiger partial charge on any atom is -0.370 e. The van der Waals surface area contributed by atoms with Gasteiger partial charge in [0.1, 0.15) is 18.1 Å². The molecule has 0 radical (unpaired) electrons. The number of nitrogens with zero attached hydrogens (tertiary/aromatic N) is 3. The zero-order valence-corrected chi connectivity index (χ0v) is 20.8. The number of amides is 3. The molecule has 1 unspecified atom stereocenters. The fourth-order valence-corrected chi connectivity index (χ4v) is 6.52. The third kappa shape index (κ3) is 3.66. The minimum absolute atomic E-state index is 0.0197. The van der Waals surface area contributed by atoms with E-state index >= 15 is 0 Å². The van der Waals surface area contributed by atoms with Crippen molar-refractivity contribution in [2.45, 2.75) is 67.6 Å². The lowest BCUT2D eigenvalue weighted by atomic mass is 9.84. The summed E-state index contributed by atoms with van der Waals surface area (Å²) in [6.07, 6.45) is -0.637. The number of imide groups is 1. The number of nitrogens with one attached hydrogen (secondary N) is 3. The van der Waals surface area contributed by atoms with Gasteiger partial charge in [0.05, 0.1) is 13.1 Å². The van der Waals surface area contributed by atoms with Gasteiger partial charge in [-0.05, 0) is 23.6 Å². The molecule has 0 saturated carbocycles. The summed E-state index contributed by atoms with van der Waals surface area (Å²) in [5.74, 6) is -7.33. The number of benzene rings is 1. The van der Waals surface area contributed by atoms with E-state index in [9.17, 15) is 33.4 Å². The van der Waals surface area contributed by atoms with Gasteiger partial charge in [0, 0.05) is 31.2 Å². The van der Waals surface area contributed by atoms with Crippen molar-refractivity contribution < 1.29 is 38.0 Å². The number of aliphatic hydroxyl groups is 2. The highest BCUT2D eigenvalue weighted by atomic mass is 19.3. The monoisotopic (exact) mass is 547 g/mol. The molecule has 4 heterocycles. The zero-order chi connectivity index (χ0) is 27.9. The first-order valence-corrected chi connectivity index (χ1v) is 12.7. The van der Waals surface area contributed by atoms with Crippen molar-refractivity contribution >= 4 is 29.6 Å². The third-order valence-corrected chi connectivity index (χ3v) is 8.42. The molecule has 0 bridgehead atoms. The molecule has 2 saturated heterocycles. The first-order valence-electron chi connectivity index (χ1n) is 12.7. The van der Waals surface area contributed by atoms with Crippen LogP contribution in [0.25, 0.3) is 0 Å². The van der Waals surface area contributed by atoms with Crippen LogP contribution in [-0.4, -0.2) is 97.9 Å². The van der Waals surface area contributed by atoms with Gasteiger partial charge in [-0.15, -0.1) is 0 Å². The van der Waals surface area contributed by atoms with Gasteiger partial charge in [0.2, 0.25) is 23.3 Å². The van der Waals surface area contributed by atoms with E-state index in [1.807, 2.05) is 0 Å². The SMILES string of the molecule is NC1=N[C@H]2[C@H](CN3C(=O)CCC3=O)NC(N)=[N+]3CC(NC(=O)c4cccc5c4CC(F)(F)CC5)C(O)(O)[C@]23N1. The number of fused-ring (bicyclic) bond motifs is 1. The maximum absolute atomic E-state index is 14.2. The van der Waals surface area contributed by atoms with Crippen molar-refractivity contribution in [1.29, 1.82) is 0 Å². The van der Waals surface area contributed by atoms with Crippen LogP contribution < -0.4 is 27.4 Å². The lowest BCUT2D eigenvalue weighted by Gasteiger charge is -2.44. The number of likely N-dealkylation sites (tertiary alicyclic amines) is 1. The number of nitrogens with two attached hydrogens (primary N) is 2. The number of hydrogen-bond donors (Lipinski definition) is 7. The van der Waals surface area contributed by atoms with Crippen molar-refractivity contribution in [2.75, 3.05) is 13.1 Å². The van der Waals surface area contributed by atoms with Crippen molar-refractivity contribution in [3.05, 3.63) is 34.9 Å². The molecule has 1 aromatic rings. The van der Waals surface area contributed by atoms with Gasteiger partial charge in [0.15, 0.2) is 5.96 Å². The molecule has 13 nitrogen and oxygen atoms in total. The Balaban J connectivity index is 1.31. The van der Waals surface area contributed by atoms with Crippen LogP contribution in [-0.2, 0) is 22.4 Å². The van der Waals surface area contributed by atoms with Crippen molar-refractivity contribution in [3.8, 4) is 0 Å². The van der Waals surface area contributed by atoms with E-state index in [1.54, 1.807) is 12.1 Å². The lowest BCUT2D eigenvalue weighted by Crippen LogP contribution is -2.79. The van der Waals surface area contributed by atoms with Crippen molar-refractivity contribution in [1.82, 2.24) is 20.9 Å². The summed E-state index contributed by atoms with van der Waals surface area (Å²) < 4.78 is 29.8. The van der Waals surface area contributed by atoms with Crippen molar-refractivity contribution in [2.24, 2.45) is 16.5 Å². The molecule has 15 heteroatoms. The molecule has 1 spiro atoms. The Morgan fingerprint density at radius 3 is 2.64 bits per heavy atom. The molecule has 2 fully saturated rings. The van der Waals surface area contributed by atoms with Crippen LogP contribution in [0.1, 0.15) is 40.7 Å². The zero-order valence-electron chi connectivity index (χ0n) is 20.8. The summed E-state index contributed by atoms with van der Waals surface area (Å²) in [6, 6.07) is 1.47. The molecule has 0 aromatic heterocycles. The molecule has 4 atom stereocenters. The number of hydrogen-bond acceptors (Lipinski definition) is 10. The van der Waals surface area contributed by atoms with Crippen LogP contribution in [0.5, 0.6) is 0 Å². The Hall–Kier alpha value is -3.85. The number of alkyl halides is 2. The molecule has 1 aromatic carbocycles. The Labute approximate surface area is 220 Å². The van der Waals surface area contributed by atoms with Gasteiger partial charge in [-0.1, -0.05) is 12.1 Å². The lowest BCUT2D eigenvalue weighted by molar-refractivity contribution is -0.623. The van der Waals surface area contributed by atoms with Gasteiger partial charge in [0.25, 0.3) is 11.8 Å². The van der Waals surface area contributed by atoms with Crippen LogP contribution in [0.4, 0.5) is 8.78 Å². The quantitative estimate of drug-likeness (QED) is 0.117. The Morgan fingerprint density at radius 2 is 1.92 bits per heavy atom. The van der Waals surface area contributed by atoms with E-state index in [2.05, 4.69) is 20.9 Å². The molecule has 1 aliphatic carbocycles. The number of aryl methyl sites for hydroxylation is 1. The van der Waals surface area contributed by atoms with Gasteiger partial charge in [-0.2, -0.15) is 0 Å². The van der Waals surface area contributed by atoms with Gasteiger partial charge in [-0.25, -0.2) is 18.3 Å². The predicted octanol–water partition coefficient (Wildman–Crippen LogP) is -2.97. The topological polar surface area (TPSA) is 198 Å². The second-order valence-electron chi connectivity index (χ2n) is 10.7.